The van der Waals surface area contributed by atoms with Gasteiger partial charge in [-0.2, -0.15) is 0 Å². The van der Waals surface area contributed by atoms with Gasteiger partial charge in [0, 0.05) is 32.1 Å². The number of imidazole rings is 1. The molecule has 5 nitrogen and oxygen atoms in total. The van der Waals surface area contributed by atoms with Crippen LogP contribution in [0.25, 0.3) is 5.65 Å². The molecule has 1 amide bonds. The molecule has 1 fully saturated rings. The van der Waals surface area contributed by atoms with E-state index in [4.69, 9.17) is 5.11 Å². The van der Waals surface area contributed by atoms with Crippen LogP contribution < -0.4 is 0 Å². The van der Waals surface area contributed by atoms with E-state index < -0.39 is 0 Å². The lowest BCUT2D eigenvalue weighted by molar-refractivity contribution is 0.0646. The quantitative estimate of drug-likeness (QED) is 0.881. The van der Waals surface area contributed by atoms with Gasteiger partial charge in [0.05, 0.1) is 0 Å². The number of carbonyl (C=O) groups excluding carboxylic acids is 1. The number of nitrogens with zero attached hydrogens (tertiary/aromatic N) is 3. The van der Waals surface area contributed by atoms with Crippen molar-refractivity contribution in [2.75, 3.05) is 19.7 Å². The molecule has 1 aliphatic rings. The lowest BCUT2D eigenvalue weighted by atomic mass is 9.98. The van der Waals surface area contributed by atoms with Crippen molar-refractivity contribution in [2.45, 2.75) is 12.8 Å². The van der Waals surface area contributed by atoms with E-state index in [1.54, 1.807) is 6.20 Å². The molecule has 0 radical (unpaired) electrons. The number of aliphatic hydroxyl groups is 1. The standard InChI is InChI=1S/C14H17N3O2/c18-10-11-4-7-16(8-5-11)14(19)12-9-17-6-2-1-3-13(17)15-12/h1-3,6,9,11,18H,4-5,7-8,10H2. The third kappa shape index (κ3) is 2.33. The molecule has 1 N–H and O–H groups in total. The van der Waals surface area contributed by atoms with Gasteiger partial charge in [-0.05, 0) is 30.9 Å². The number of hydrogen-bond donors (Lipinski definition) is 1. The van der Waals surface area contributed by atoms with E-state index in [0.717, 1.165) is 18.5 Å². The summed E-state index contributed by atoms with van der Waals surface area (Å²) in [6.07, 6.45) is 5.40. The van der Waals surface area contributed by atoms with Crippen LogP contribution in [-0.2, 0) is 0 Å². The minimum absolute atomic E-state index is 0.0138. The van der Waals surface area contributed by atoms with E-state index >= 15 is 0 Å². The van der Waals surface area contributed by atoms with Crippen LogP contribution in [-0.4, -0.2) is 45.0 Å². The molecule has 2 aromatic rings. The molecule has 0 aliphatic carbocycles. The van der Waals surface area contributed by atoms with Gasteiger partial charge < -0.3 is 14.4 Å². The SMILES string of the molecule is O=C(c1cn2ccccc2n1)N1CCC(CO)CC1. The molecule has 1 saturated heterocycles. The fourth-order valence-electron chi connectivity index (χ4n) is 2.52. The maximum absolute atomic E-state index is 12.4. The number of amides is 1. The van der Waals surface area contributed by atoms with Crippen molar-refractivity contribution < 1.29 is 9.90 Å². The number of fused-ring (bicyclic) bond motifs is 1. The Morgan fingerprint density at radius 3 is 2.84 bits per heavy atom. The van der Waals surface area contributed by atoms with Gasteiger partial charge in [0.1, 0.15) is 11.3 Å². The Hall–Kier alpha value is -1.88. The van der Waals surface area contributed by atoms with Crippen molar-refractivity contribution >= 4 is 11.6 Å². The summed E-state index contributed by atoms with van der Waals surface area (Å²) in [5.74, 6) is 0.324. The second-order valence-corrected chi connectivity index (χ2v) is 5.01. The van der Waals surface area contributed by atoms with Gasteiger partial charge in [-0.25, -0.2) is 4.98 Å². The zero-order valence-corrected chi connectivity index (χ0v) is 10.7. The highest BCUT2D eigenvalue weighted by molar-refractivity contribution is 5.93. The van der Waals surface area contributed by atoms with Gasteiger partial charge in [-0.1, -0.05) is 6.07 Å². The average Bonchev–Trinajstić information content (AvgIpc) is 2.90. The molecule has 100 valence electrons. The lowest BCUT2D eigenvalue weighted by Crippen LogP contribution is -2.39. The zero-order chi connectivity index (χ0) is 13.2. The summed E-state index contributed by atoms with van der Waals surface area (Å²) in [7, 11) is 0. The number of aliphatic hydroxyl groups excluding tert-OH is 1. The normalized spacial score (nSPS) is 17.0. The fourth-order valence-corrected chi connectivity index (χ4v) is 2.52. The number of aromatic nitrogens is 2. The van der Waals surface area contributed by atoms with Gasteiger partial charge in [-0.15, -0.1) is 0 Å². The number of likely N-dealkylation sites (tertiary alicyclic amines) is 1. The van der Waals surface area contributed by atoms with Crippen LogP contribution in [0.2, 0.25) is 0 Å². The van der Waals surface area contributed by atoms with Gasteiger partial charge in [0.15, 0.2) is 0 Å². The molecule has 0 atom stereocenters. The monoisotopic (exact) mass is 259 g/mol. The molecule has 19 heavy (non-hydrogen) atoms. The largest absolute Gasteiger partial charge is 0.396 e. The molecule has 0 saturated carbocycles. The third-order valence-corrected chi connectivity index (χ3v) is 3.74. The number of pyridine rings is 1. The van der Waals surface area contributed by atoms with Crippen molar-refractivity contribution in [3.8, 4) is 0 Å². The van der Waals surface area contributed by atoms with Gasteiger partial charge in [0.25, 0.3) is 5.91 Å². The molecule has 3 heterocycles. The molecule has 3 rings (SSSR count). The third-order valence-electron chi connectivity index (χ3n) is 3.74. The van der Waals surface area contributed by atoms with Crippen LogP contribution in [0.4, 0.5) is 0 Å². The lowest BCUT2D eigenvalue weighted by Gasteiger charge is -2.30. The van der Waals surface area contributed by atoms with Crippen molar-refractivity contribution in [1.82, 2.24) is 14.3 Å². The minimum Gasteiger partial charge on any atom is -0.396 e. The molecule has 0 unspecified atom stereocenters. The van der Waals surface area contributed by atoms with E-state index in [1.165, 1.54) is 0 Å². The Kier molecular flexibility index (Phi) is 3.21. The first-order valence-corrected chi connectivity index (χ1v) is 6.62. The van der Waals surface area contributed by atoms with E-state index in [-0.39, 0.29) is 12.5 Å². The predicted octanol–water partition coefficient (Wildman–Crippen LogP) is 1.18. The molecule has 2 aromatic heterocycles. The second-order valence-electron chi connectivity index (χ2n) is 5.01. The summed E-state index contributed by atoms with van der Waals surface area (Å²) in [5, 5.41) is 9.11. The summed E-state index contributed by atoms with van der Waals surface area (Å²) in [4.78, 5) is 18.5. The van der Waals surface area contributed by atoms with Crippen LogP contribution in [0.1, 0.15) is 23.3 Å². The minimum atomic E-state index is -0.0138. The van der Waals surface area contributed by atoms with Crippen molar-refractivity contribution in [1.29, 1.82) is 0 Å². The maximum Gasteiger partial charge on any atom is 0.274 e. The Bertz CT molecular complexity index is 552. The van der Waals surface area contributed by atoms with Gasteiger partial charge >= 0.3 is 0 Å². The molecule has 5 heteroatoms. The summed E-state index contributed by atoms with van der Waals surface area (Å²) in [6.45, 7) is 1.63. The highest BCUT2D eigenvalue weighted by Crippen LogP contribution is 2.18. The molecule has 0 spiro atoms. The van der Waals surface area contributed by atoms with E-state index in [2.05, 4.69) is 4.98 Å². The molecule has 0 aromatic carbocycles. The van der Waals surface area contributed by atoms with Crippen LogP contribution in [0.5, 0.6) is 0 Å². The Morgan fingerprint density at radius 2 is 2.16 bits per heavy atom. The molecular weight excluding hydrogens is 242 g/mol. The van der Waals surface area contributed by atoms with Gasteiger partial charge in [-0.3, -0.25) is 4.79 Å². The average molecular weight is 259 g/mol. The number of hydrogen-bond acceptors (Lipinski definition) is 3. The number of piperidine rings is 1. The fraction of sp³-hybridized carbons (Fsp3) is 0.429. The predicted molar refractivity (Wildman–Crippen MR) is 70.9 cm³/mol. The second kappa shape index (κ2) is 5.01. The molecular formula is C14H17N3O2. The zero-order valence-electron chi connectivity index (χ0n) is 10.7. The Balaban J connectivity index is 1.77. The first-order chi connectivity index (χ1) is 9.28. The van der Waals surface area contributed by atoms with E-state index in [9.17, 15) is 4.79 Å². The number of rotatable bonds is 2. The molecule has 0 bridgehead atoms. The topological polar surface area (TPSA) is 57.8 Å². The van der Waals surface area contributed by atoms with E-state index in [0.29, 0.717) is 24.7 Å². The van der Waals surface area contributed by atoms with Crippen LogP contribution >= 0.6 is 0 Å². The van der Waals surface area contributed by atoms with E-state index in [1.807, 2.05) is 33.7 Å². The van der Waals surface area contributed by atoms with Crippen LogP contribution in [0.15, 0.2) is 30.6 Å². The summed E-state index contributed by atoms with van der Waals surface area (Å²) in [5.41, 5.74) is 1.28. The summed E-state index contributed by atoms with van der Waals surface area (Å²) in [6, 6.07) is 5.70. The maximum atomic E-state index is 12.4. The van der Waals surface area contributed by atoms with Crippen molar-refractivity contribution in [3.05, 3.63) is 36.3 Å². The first kappa shape index (κ1) is 12.2. The smallest absolute Gasteiger partial charge is 0.274 e. The Labute approximate surface area is 111 Å². The first-order valence-electron chi connectivity index (χ1n) is 6.62. The van der Waals surface area contributed by atoms with Gasteiger partial charge in [0.2, 0.25) is 0 Å². The molecule has 1 aliphatic heterocycles. The Morgan fingerprint density at radius 1 is 1.37 bits per heavy atom. The number of carbonyl (C=O) groups is 1. The van der Waals surface area contributed by atoms with Crippen molar-refractivity contribution in [2.24, 2.45) is 5.92 Å². The van der Waals surface area contributed by atoms with Crippen molar-refractivity contribution in [3.63, 3.8) is 0 Å². The summed E-state index contributed by atoms with van der Waals surface area (Å²) < 4.78 is 1.85. The highest BCUT2D eigenvalue weighted by atomic mass is 16.3. The summed E-state index contributed by atoms with van der Waals surface area (Å²) >= 11 is 0. The highest BCUT2D eigenvalue weighted by Gasteiger charge is 2.24. The van der Waals surface area contributed by atoms with Crippen LogP contribution in [0, 0.1) is 5.92 Å². The van der Waals surface area contributed by atoms with Crippen LogP contribution in [0.3, 0.4) is 0 Å².